The van der Waals surface area contributed by atoms with Gasteiger partial charge in [-0.1, -0.05) is 24.3 Å². The molecule has 0 radical (unpaired) electrons. The molecule has 158 valence electrons. The van der Waals surface area contributed by atoms with Crippen LogP contribution >= 0.6 is 0 Å². The van der Waals surface area contributed by atoms with E-state index in [1.165, 1.54) is 19.2 Å². The molecule has 1 aliphatic heterocycles. The molecule has 0 spiro atoms. The molecule has 8 heteroatoms. The fraction of sp³-hybridized carbons (Fsp3) is 0.174. The summed E-state index contributed by atoms with van der Waals surface area (Å²) in [6, 6.07) is 12.4. The van der Waals surface area contributed by atoms with Crippen molar-refractivity contribution in [1.82, 2.24) is 10.3 Å². The predicted molar refractivity (Wildman–Crippen MR) is 114 cm³/mol. The van der Waals surface area contributed by atoms with Gasteiger partial charge in [-0.3, -0.25) is 4.99 Å². The van der Waals surface area contributed by atoms with Crippen LogP contribution in [0.4, 0.5) is 14.6 Å². The van der Waals surface area contributed by atoms with Crippen molar-refractivity contribution in [2.75, 3.05) is 25.5 Å². The highest BCUT2D eigenvalue weighted by Crippen LogP contribution is 2.28. The molecule has 0 saturated carbocycles. The molecule has 0 amide bonds. The number of amidine groups is 1. The van der Waals surface area contributed by atoms with Gasteiger partial charge in [-0.25, -0.2) is 18.6 Å². The molecule has 31 heavy (non-hydrogen) atoms. The SMILES string of the molecule is COC(=O)c1c(F)cccc1-c1ccc(CNc2ccc(C3=NCCN3)cn2)c(F)c1. The van der Waals surface area contributed by atoms with E-state index in [2.05, 4.69) is 25.3 Å². The number of anilines is 1. The van der Waals surface area contributed by atoms with Crippen LogP contribution < -0.4 is 10.6 Å². The fourth-order valence-electron chi connectivity index (χ4n) is 3.35. The molecule has 0 aliphatic carbocycles. The van der Waals surface area contributed by atoms with Crippen molar-refractivity contribution >= 4 is 17.6 Å². The molecule has 2 aromatic carbocycles. The number of aliphatic imine (C=N–C) groups is 1. The molecule has 0 unspecified atom stereocenters. The molecule has 0 saturated heterocycles. The van der Waals surface area contributed by atoms with Crippen LogP contribution in [0, 0.1) is 11.6 Å². The predicted octanol–water partition coefficient (Wildman–Crippen LogP) is 3.78. The van der Waals surface area contributed by atoms with Crippen LogP contribution in [0.15, 0.2) is 59.7 Å². The minimum absolute atomic E-state index is 0.213. The lowest BCUT2D eigenvalue weighted by atomic mass is 9.98. The van der Waals surface area contributed by atoms with E-state index in [-0.39, 0.29) is 17.7 Å². The van der Waals surface area contributed by atoms with E-state index in [1.807, 2.05) is 6.07 Å². The van der Waals surface area contributed by atoms with Crippen LogP contribution in [0.25, 0.3) is 11.1 Å². The zero-order valence-corrected chi connectivity index (χ0v) is 16.8. The molecule has 0 bridgehead atoms. The standard InChI is InChI=1S/C23H20F2N4O2/c1-31-23(30)21-17(3-2-4-18(21)24)14-5-6-15(19(25)11-14)12-28-20-8-7-16(13-29-20)22-26-9-10-27-22/h2-8,11,13H,9-10,12H2,1H3,(H,26,27)(H,28,29). The molecule has 4 rings (SSSR count). The molecule has 2 N–H and O–H groups in total. The van der Waals surface area contributed by atoms with Gasteiger partial charge in [0.15, 0.2) is 0 Å². The van der Waals surface area contributed by atoms with Gasteiger partial charge in [0.1, 0.15) is 28.9 Å². The Morgan fingerprint density at radius 1 is 1.13 bits per heavy atom. The number of ether oxygens (including phenoxy) is 1. The van der Waals surface area contributed by atoms with E-state index in [0.29, 0.717) is 16.9 Å². The average molecular weight is 422 g/mol. The summed E-state index contributed by atoms with van der Waals surface area (Å²) in [7, 11) is 1.17. The first-order valence-electron chi connectivity index (χ1n) is 9.71. The van der Waals surface area contributed by atoms with Gasteiger partial charge in [-0.15, -0.1) is 0 Å². The number of pyridine rings is 1. The van der Waals surface area contributed by atoms with Gasteiger partial charge in [-0.05, 0) is 35.4 Å². The Morgan fingerprint density at radius 2 is 1.97 bits per heavy atom. The van der Waals surface area contributed by atoms with Crippen molar-refractivity contribution in [1.29, 1.82) is 0 Å². The summed E-state index contributed by atoms with van der Waals surface area (Å²) in [6.45, 7) is 1.79. The number of carbonyl (C=O) groups excluding carboxylic acids is 1. The highest BCUT2D eigenvalue weighted by atomic mass is 19.1. The third-order valence-electron chi connectivity index (χ3n) is 4.94. The lowest BCUT2D eigenvalue weighted by Gasteiger charge is -2.12. The van der Waals surface area contributed by atoms with Crippen molar-refractivity contribution in [3.8, 4) is 11.1 Å². The van der Waals surface area contributed by atoms with E-state index in [4.69, 9.17) is 0 Å². The van der Waals surface area contributed by atoms with Gasteiger partial charge < -0.3 is 15.4 Å². The zero-order chi connectivity index (χ0) is 21.8. The van der Waals surface area contributed by atoms with Gasteiger partial charge in [0.05, 0.1) is 13.7 Å². The van der Waals surface area contributed by atoms with E-state index in [0.717, 1.165) is 30.6 Å². The van der Waals surface area contributed by atoms with Crippen molar-refractivity contribution < 1.29 is 18.3 Å². The molecular weight excluding hydrogens is 402 g/mol. The minimum Gasteiger partial charge on any atom is -0.465 e. The van der Waals surface area contributed by atoms with E-state index in [9.17, 15) is 13.6 Å². The summed E-state index contributed by atoms with van der Waals surface area (Å²) in [5.74, 6) is -0.587. The Hall–Kier alpha value is -3.81. The highest BCUT2D eigenvalue weighted by Gasteiger charge is 2.19. The van der Waals surface area contributed by atoms with Gasteiger partial charge in [-0.2, -0.15) is 0 Å². The average Bonchev–Trinajstić information content (AvgIpc) is 3.33. The van der Waals surface area contributed by atoms with E-state index >= 15 is 0 Å². The van der Waals surface area contributed by atoms with Crippen LogP contribution in [0.1, 0.15) is 21.5 Å². The van der Waals surface area contributed by atoms with Crippen molar-refractivity contribution in [2.24, 2.45) is 4.99 Å². The maximum absolute atomic E-state index is 14.7. The number of esters is 1. The molecule has 1 aliphatic rings. The smallest absolute Gasteiger partial charge is 0.341 e. The Labute approximate surface area is 178 Å². The second kappa shape index (κ2) is 8.91. The number of nitrogens with one attached hydrogen (secondary N) is 2. The summed E-state index contributed by atoms with van der Waals surface area (Å²) >= 11 is 0. The third-order valence-corrected chi connectivity index (χ3v) is 4.94. The normalized spacial score (nSPS) is 12.8. The number of aromatic nitrogens is 1. The lowest BCUT2D eigenvalue weighted by molar-refractivity contribution is 0.0596. The number of benzene rings is 2. The summed E-state index contributed by atoms with van der Waals surface area (Å²) in [6.07, 6.45) is 1.71. The van der Waals surface area contributed by atoms with Crippen LogP contribution in [0.5, 0.6) is 0 Å². The van der Waals surface area contributed by atoms with Crippen LogP contribution in [-0.4, -0.2) is 37.0 Å². The summed E-state index contributed by atoms with van der Waals surface area (Å²) < 4.78 is 33.6. The first-order valence-corrected chi connectivity index (χ1v) is 9.71. The highest BCUT2D eigenvalue weighted by molar-refractivity contribution is 5.99. The van der Waals surface area contributed by atoms with Crippen molar-refractivity contribution in [3.05, 3.63) is 83.1 Å². The van der Waals surface area contributed by atoms with Crippen LogP contribution in [0.3, 0.4) is 0 Å². The Bertz CT molecular complexity index is 1150. The van der Waals surface area contributed by atoms with Crippen molar-refractivity contribution in [2.45, 2.75) is 6.54 Å². The summed E-state index contributed by atoms with van der Waals surface area (Å²) in [5, 5.41) is 6.26. The summed E-state index contributed by atoms with van der Waals surface area (Å²) in [5.41, 5.74) is 1.74. The van der Waals surface area contributed by atoms with E-state index in [1.54, 1.807) is 30.5 Å². The molecule has 2 heterocycles. The zero-order valence-electron chi connectivity index (χ0n) is 16.8. The first kappa shape index (κ1) is 20.5. The molecule has 6 nitrogen and oxygen atoms in total. The molecule has 1 aromatic heterocycles. The number of hydrogen-bond donors (Lipinski definition) is 2. The van der Waals surface area contributed by atoms with Gasteiger partial charge in [0.2, 0.25) is 0 Å². The second-order valence-corrected chi connectivity index (χ2v) is 6.90. The third kappa shape index (κ3) is 4.37. The first-order chi connectivity index (χ1) is 15.1. The van der Waals surface area contributed by atoms with Gasteiger partial charge in [0.25, 0.3) is 0 Å². The molecule has 0 fully saturated rings. The number of rotatable bonds is 6. The number of nitrogens with zero attached hydrogens (tertiary/aromatic N) is 2. The number of methoxy groups -OCH3 is 1. The van der Waals surface area contributed by atoms with Crippen molar-refractivity contribution in [3.63, 3.8) is 0 Å². The molecule has 3 aromatic rings. The Balaban J connectivity index is 1.50. The Morgan fingerprint density at radius 3 is 2.65 bits per heavy atom. The number of carbonyl (C=O) groups is 1. The maximum atomic E-state index is 14.7. The summed E-state index contributed by atoms with van der Waals surface area (Å²) in [4.78, 5) is 20.6. The topological polar surface area (TPSA) is 75.6 Å². The van der Waals surface area contributed by atoms with Crippen LogP contribution in [0.2, 0.25) is 0 Å². The monoisotopic (exact) mass is 422 g/mol. The van der Waals surface area contributed by atoms with E-state index < -0.39 is 17.6 Å². The Kier molecular flexibility index (Phi) is 5.88. The minimum atomic E-state index is -0.812. The number of hydrogen-bond acceptors (Lipinski definition) is 6. The molecular formula is C23H20F2N4O2. The van der Waals surface area contributed by atoms with Crippen LogP contribution in [-0.2, 0) is 11.3 Å². The molecule has 0 atom stereocenters. The second-order valence-electron chi connectivity index (χ2n) is 6.90. The fourth-order valence-corrected chi connectivity index (χ4v) is 3.35. The lowest BCUT2D eigenvalue weighted by Crippen LogP contribution is -2.19. The van der Waals surface area contributed by atoms with Gasteiger partial charge in [0, 0.05) is 30.4 Å². The maximum Gasteiger partial charge on any atom is 0.341 e. The quantitative estimate of drug-likeness (QED) is 0.592. The van der Waals surface area contributed by atoms with Gasteiger partial charge >= 0.3 is 5.97 Å². The number of halogens is 2. The largest absolute Gasteiger partial charge is 0.465 e.